The van der Waals surface area contributed by atoms with Gasteiger partial charge in [0.25, 0.3) is 0 Å². The predicted octanol–water partition coefficient (Wildman–Crippen LogP) is 3.78. The molecule has 4 heteroatoms. The number of fused-ring (bicyclic) bond motifs is 3. The van der Waals surface area contributed by atoms with Crippen LogP contribution in [0.15, 0.2) is 60.8 Å². The second-order valence-corrected chi connectivity index (χ2v) is 5.23. The Morgan fingerprint density at radius 1 is 0.955 bits per heavy atom. The Morgan fingerprint density at radius 2 is 1.82 bits per heavy atom. The molecule has 0 fully saturated rings. The van der Waals surface area contributed by atoms with E-state index in [2.05, 4.69) is 11.1 Å². The van der Waals surface area contributed by atoms with Gasteiger partial charge in [0.05, 0.1) is 22.9 Å². The summed E-state index contributed by atoms with van der Waals surface area (Å²) in [6, 6.07) is 16.7. The Morgan fingerprint density at radius 3 is 2.64 bits per heavy atom. The van der Waals surface area contributed by atoms with E-state index in [9.17, 15) is 4.39 Å². The van der Waals surface area contributed by atoms with Crippen LogP contribution >= 0.6 is 0 Å². The monoisotopic (exact) mass is 291 g/mol. The number of rotatable bonds is 2. The van der Waals surface area contributed by atoms with Crippen LogP contribution in [0.25, 0.3) is 27.5 Å². The van der Waals surface area contributed by atoms with E-state index < -0.39 is 0 Å². The van der Waals surface area contributed by atoms with Gasteiger partial charge in [-0.2, -0.15) is 0 Å². The number of benzene rings is 2. The van der Waals surface area contributed by atoms with E-state index >= 15 is 0 Å². The average molecular weight is 291 g/mol. The van der Waals surface area contributed by atoms with E-state index in [1.807, 2.05) is 41.1 Å². The Labute approximate surface area is 126 Å². The van der Waals surface area contributed by atoms with Crippen LogP contribution in [-0.4, -0.2) is 9.55 Å². The van der Waals surface area contributed by atoms with Crippen molar-refractivity contribution in [3.05, 3.63) is 72.3 Å². The predicted molar refractivity (Wildman–Crippen MR) is 86.4 cm³/mol. The van der Waals surface area contributed by atoms with Crippen molar-refractivity contribution in [2.45, 2.75) is 6.54 Å². The van der Waals surface area contributed by atoms with Crippen LogP contribution < -0.4 is 5.73 Å². The molecular weight excluding hydrogens is 277 g/mol. The molecule has 2 aromatic carbocycles. The Kier molecular flexibility index (Phi) is 2.91. The topological polar surface area (TPSA) is 43.8 Å². The number of hydrogen-bond acceptors (Lipinski definition) is 2. The lowest BCUT2D eigenvalue weighted by molar-refractivity contribution is 0.627. The quantitative estimate of drug-likeness (QED) is 0.611. The number of nitrogens with two attached hydrogens (primary N) is 1. The summed E-state index contributed by atoms with van der Waals surface area (Å²) in [6.45, 7) is 0.398. The van der Waals surface area contributed by atoms with Crippen molar-refractivity contribution in [3.63, 3.8) is 0 Å². The first-order valence-corrected chi connectivity index (χ1v) is 7.12. The van der Waals surface area contributed by atoms with Gasteiger partial charge in [0.15, 0.2) is 0 Å². The lowest BCUT2D eigenvalue weighted by atomic mass is 10.1. The maximum atomic E-state index is 13.6. The molecule has 0 aliphatic carbocycles. The summed E-state index contributed by atoms with van der Waals surface area (Å²) in [7, 11) is 0. The molecule has 0 bridgehead atoms. The van der Waals surface area contributed by atoms with Crippen LogP contribution in [0.3, 0.4) is 0 Å². The molecule has 0 aliphatic rings. The molecule has 0 aliphatic heterocycles. The SMILES string of the molecule is NCc1cc2c3ccccc3n(-c3cccc(F)c3)c2cn1. The zero-order valence-electron chi connectivity index (χ0n) is 11.8. The molecular formula is C18H14FN3. The fourth-order valence-corrected chi connectivity index (χ4v) is 2.92. The van der Waals surface area contributed by atoms with Gasteiger partial charge < -0.3 is 10.3 Å². The minimum absolute atomic E-state index is 0.255. The fourth-order valence-electron chi connectivity index (χ4n) is 2.92. The summed E-state index contributed by atoms with van der Waals surface area (Å²) in [4.78, 5) is 4.39. The zero-order chi connectivity index (χ0) is 15.1. The van der Waals surface area contributed by atoms with Gasteiger partial charge in [0.1, 0.15) is 5.82 Å². The summed E-state index contributed by atoms with van der Waals surface area (Å²) >= 11 is 0. The number of pyridine rings is 1. The Bertz CT molecular complexity index is 988. The second kappa shape index (κ2) is 4.93. The highest BCUT2D eigenvalue weighted by molar-refractivity contribution is 6.09. The zero-order valence-corrected chi connectivity index (χ0v) is 11.8. The summed E-state index contributed by atoms with van der Waals surface area (Å²) in [5, 5.41) is 2.19. The van der Waals surface area contributed by atoms with Crippen molar-refractivity contribution >= 4 is 21.8 Å². The van der Waals surface area contributed by atoms with E-state index in [0.29, 0.717) is 6.54 Å². The molecule has 108 valence electrons. The first-order chi connectivity index (χ1) is 10.8. The van der Waals surface area contributed by atoms with Crippen molar-refractivity contribution in [1.29, 1.82) is 0 Å². The van der Waals surface area contributed by atoms with Crippen molar-refractivity contribution in [1.82, 2.24) is 9.55 Å². The van der Waals surface area contributed by atoms with Gasteiger partial charge in [0, 0.05) is 23.0 Å². The van der Waals surface area contributed by atoms with Crippen LogP contribution in [0.5, 0.6) is 0 Å². The van der Waals surface area contributed by atoms with E-state index in [0.717, 1.165) is 33.2 Å². The fraction of sp³-hybridized carbons (Fsp3) is 0.0556. The van der Waals surface area contributed by atoms with Gasteiger partial charge in [-0.05, 0) is 30.3 Å². The van der Waals surface area contributed by atoms with Gasteiger partial charge in [-0.3, -0.25) is 4.98 Å². The Hall–Kier alpha value is -2.72. The normalized spacial score (nSPS) is 11.4. The summed E-state index contributed by atoms with van der Waals surface area (Å²) in [5.41, 5.74) is 9.31. The molecule has 0 amide bonds. The highest BCUT2D eigenvalue weighted by atomic mass is 19.1. The third-order valence-electron chi connectivity index (χ3n) is 3.89. The van der Waals surface area contributed by atoms with Crippen LogP contribution in [0, 0.1) is 5.82 Å². The molecule has 4 aromatic rings. The smallest absolute Gasteiger partial charge is 0.125 e. The number of hydrogen-bond donors (Lipinski definition) is 1. The molecule has 4 rings (SSSR count). The molecule has 2 heterocycles. The van der Waals surface area contributed by atoms with Crippen LogP contribution in [0.4, 0.5) is 4.39 Å². The molecule has 22 heavy (non-hydrogen) atoms. The van der Waals surface area contributed by atoms with E-state index in [4.69, 9.17) is 5.73 Å². The van der Waals surface area contributed by atoms with Gasteiger partial charge in [0.2, 0.25) is 0 Å². The lowest BCUT2D eigenvalue weighted by Crippen LogP contribution is -1.99. The third-order valence-corrected chi connectivity index (χ3v) is 3.89. The number of halogens is 1. The molecule has 0 saturated carbocycles. The van der Waals surface area contributed by atoms with Gasteiger partial charge in [-0.1, -0.05) is 24.3 Å². The lowest BCUT2D eigenvalue weighted by Gasteiger charge is -2.07. The molecule has 0 saturated heterocycles. The minimum Gasteiger partial charge on any atom is -0.325 e. The van der Waals surface area contributed by atoms with E-state index in [-0.39, 0.29) is 5.82 Å². The number of nitrogens with zero attached hydrogens (tertiary/aromatic N) is 2. The molecule has 0 radical (unpaired) electrons. The van der Waals surface area contributed by atoms with Crippen LogP contribution in [0.2, 0.25) is 0 Å². The second-order valence-electron chi connectivity index (χ2n) is 5.23. The molecule has 3 nitrogen and oxygen atoms in total. The maximum absolute atomic E-state index is 13.6. The summed E-state index contributed by atoms with van der Waals surface area (Å²) < 4.78 is 15.7. The first-order valence-electron chi connectivity index (χ1n) is 7.12. The van der Waals surface area contributed by atoms with Crippen LogP contribution in [-0.2, 0) is 6.54 Å². The maximum Gasteiger partial charge on any atom is 0.125 e. The summed E-state index contributed by atoms with van der Waals surface area (Å²) in [5.74, 6) is -0.255. The van der Waals surface area contributed by atoms with Gasteiger partial charge >= 0.3 is 0 Å². The highest BCUT2D eigenvalue weighted by Crippen LogP contribution is 2.31. The number of aromatic nitrogens is 2. The molecule has 0 spiro atoms. The van der Waals surface area contributed by atoms with Gasteiger partial charge in [-0.15, -0.1) is 0 Å². The van der Waals surface area contributed by atoms with E-state index in [1.165, 1.54) is 12.1 Å². The molecule has 0 unspecified atom stereocenters. The van der Waals surface area contributed by atoms with Crippen molar-refractivity contribution < 1.29 is 4.39 Å². The molecule has 0 atom stereocenters. The number of para-hydroxylation sites is 1. The minimum atomic E-state index is -0.255. The Balaban J connectivity index is 2.16. The first kappa shape index (κ1) is 13.0. The third kappa shape index (κ3) is 1.89. The largest absolute Gasteiger partial charge is 0.325 e. The highest BCUT2D eigenvalue weighted by Gasteiger charge is 2.13. The van der Waals surface area contributed by atoms with Crippen molar-refractivity contribution in [2.75, 3.05) is 0 Å². The standard InChI is InChI=1S/C18H14FN3/c19-12-4-3-5-14(8-12)22-17-7-2-1-6-15(17)16-9-13(10-20)21-11-18(16)22/h1-9,11H,10,20H2. The van der Waals surface area contributed by atoms with Gasteiger partial charge in [-0.25, -0.2) is 4.39 Å². The van der Waals surface area contributed by atoms with Crippen molar-refractivity contribution in [2.24, 2.45) is 5.73 Å². The average Bonchev–Trinajstić information content (AvgIpc) is 2.88. The summed E-state index contributed by atoms with van der Waals surface area (Å²) in [6.07, 6.45) is 1.81. The van der Waals surface area contributed by atoms with Crippen molar-refractivity contribution in [3.8, 4) is 5.69 Å². The van der Waals surface area contributed by atoms with Crippen LogP contribution in [0.1, 0.15) is 5.69 Å². The molecule has 2 aromatic heterocycles. The van der Waals surface area contributed by atoms with E-state index in [1.54, 1.807) is 6.07 Å². The molecule has 2 N–H and O–H groups in total.